The lowest BCUT2D eigenvalue weighted by Gasteiger charge is -2.20. The average Bonchev–Trinajstić information content (AvgIpc) is 3.60. The fourth-order valence-electron chi connectivity index (χ4n) is 4.15. The maximum atomic E-state index is 12.7. The van der Waals surface area contributed by atoms with Crippen LogP contribution in [0.5, 0.6) is 11.5 Å². The topological polar surface area (TPSA) is 120 Å². The first-order chi connectivity index (χ1) is 21.1. The molecule has 0 saturated carbocycles. The van der Waals surface area contributed by atoms with E-state index in [2.05, 4.69) is 25.1 Å². The highest BCUT2D eigenvalue weighted by Crippen LogP contribution is 2.31. The molecule has 0 spiro atoms. The first kappa shape index (κ1) is 30.6. The maximum absolute atomic E-state index is 12.7. The Hall–Kier alpha value is -4.89. The summed E-state index contributed by atoms with van der Waals surface area (Å²) in [5, 5.41) is 7.23. The van der Waals surface area contributed by atoms with E-state index in [1.54, 1.807) is 31.4 Å². The van der Waals surface area contributed by atoms with E-state index in [1.807, 2.05) is 25.1 Å². The van der Waals surface area contributed by atoms with Gasteiger partial charge in [-0.05, 0) is 67.1 Å². The molecule has 44 heavy (non-hydrogen) atoms. The number of alkyl halides is 3. The third-order valence-electron chi connectivity index (χ3n) is 6.09. The van der Waals surface area contributed by atoms with E-state index in [4.69, 9.17) is 9.47 Å². The molecule has 0 unspecified atom stereocenters. The second-order valence-corrected chi connectivity index (χ2v) is 10.3. The second kappa shape index (κ2) is 13.2. The number of nitrogens with one attached hydrogen (secondary N) is 1. The van der Waals surface area contributed by atoms with Crippen molar-refractivity contribution in [1.82, 2.24) is 14.8 Å². The summed E-state index contributed by atoms with van der Waals surface area (Å²) in [4.78, 5) is 35.2. The second-order valence-electron chi connectivity index (χ2n) is 9.37. The number of benzene rings is 3. The van der Waals surface area contributed by atoms with Crippen molar-refractivity contribution >= 4 is 40.2 Å². The molecule has 3 amide bonds. The number of hydrogen-bond acceptors (Lipinski definition) is 8. The van der Waals surface area contributed by atoms with Crippen molar-refractivity contribution in [2.45, 2.75) is 26.5 Å². The molecule has 15 heteroatoms. The number of thioether (sulfide) groups is 1. The summed E-state index contributed by atoms with van der Waals surface area (Å²) in [6.07, 6.45) is -3.36. The van der Waals surface area contributed by atoms with Crippen LogP contribution in [0.15, 0.2) is 78.0 Å². The molecular weight excluding hydrogens is 601 g/mol. The summed E-state index contributed by atoms with van der Waals surface area (Å²) >= 11 is 1.18. The van der Waals surface area contributed by atoms with Gasteiger partial charge >= 0.3 is 12.4 Å². The third-order valence-corrected chi connectivity index (χ3v) is 7.02. The quantitative estimate of drug-likeness (QED) is 0.245. The number of nitrogens with zero attached hydrogens (tertiary/aromatic N) is 5. The number of methoxy groups -OCH3 is 1. The maximum Gasteiger partial charge on any atom is 0.573 e. The number of anilines is 2. The van der Waals surface area contributed by atoms with E-state index in [-0.39, 0.29) is 29.2 Å². The van der Waals surface area contributed by atoms with Crippen LogP contribution in [0.2, 0.25) is 0 Å². The zero-order chi connectivity index (χ0) is 31.3. The molecule has 1 aliphatic heterocycles. The van der Waals surface area contributed by atoms with Gasteiger partial charge in [-0.2, -0.15) is 4.99 Å². The largest absolute Gasteiger partial charge is 0.573 e. The summed E-state index contributed by atoms with van der Waals surface area (Å²) < 4.78 is 53.3. The smallest absolute Gasteiger partial charge is 0.486 e. The average molecular weight is 627 g/mol. The normalized spacial score (nSPS) is 14.2. The Balaban J connectivity index is 1.17. The predicted molar refractivity (Wildman–Crippen MR) is 157 cm³/mol. The fraction of sp³-hybridized carbons (Fsp3) is 0.207. The molecule has 1 aliphatic rings. The number of aromatic nitrogens is 3. The van der Waals surface area contributed by atoms with Crippen molar-refractivity contribution < 1.29 is 37.0 Å². The zero-order valence-corrected chi connectivity index (χ0v) is 24.2. The molecule has 11 nitrogen and oxygen atoms in total. The number of halogens is 3. The monoisotopic (exact) mass is 626 g/mol. The summed E-state index contributed by atoms with van der Waals surface area (Å²) in [6, 6.07) is 16.8. The highest BCUT2D eigenvalue weighted by Gasteiger charge is 2.32. The Morgan fingerprint density at radius 3 is 2.48 bits per heavy atom. The summed E-state index contributed by atoms with van der Waals surface area (Å²) in [5.74, 6) is 0.454. The number of amides is 3. The number of aryl methyl sites for hydroxylation is 1. The number of carbonyl (C=O) groups excluding carboxylic acids is 2. The van der Waals surface area contributed by atoms with Crippen molar-refractivity contribution in [3.8, 4) is 17.2 Å². The van der Waals surface area contributed by atoms with Gasteiger partial charge in [-0.15, -0.1) is 18.3 Å². The molecule has 0 bridgehead atoms. The Kier molecular flexibility index (Phi) is 9.15. The van der Waals surface area contributed by atoms with Crippen LogP contribution in [0.1, 0.15) is 17.0 Å². The minimum Gasteiger partial charge on any atom is -0.486 e. The molecule has 0 radical (unpaired) electrons. The molecule has 0 atom stereocenters. The van der Waals surface area contributed by atoms with E-state index in [9.17, 15) is 22.8 Å². The Bertz CT molecular complexity index is 1680. The minimum absolute atomic E-state index is 0.0206. The van der Waals surface area contributed by atoms with Crippen LogP contribution in [0.3, 0.4) is 0 Å². The number of hydrogen-bond donors (Lipinski definition) is 1. The van der Waals surface area contributed by atoms with Crippen molar-refractivity contribution in [2.24, 2.45) is 4.99 Å². The highest BCUT2D eigenvalue weighted by atomic mass is 32.2. The summed E-state index contributed by atoms with van der Waals surface area (Å²) in [5.41, 5.74) is 3.33. The summed E-state index contributed by atoms with van der Waals surface area (Å²) in [7, 11) is 1.57. The minimum atomic E-state index is -4.77. The predicted octanol–water partition coefficient (Wildman–Crippen LogP) is 5.87. The Morgan fingerprint density at radius 2 is 1.77 bits per heavy atom. The first-order valence-corrected chi connectivity index (χ1v) is 14.0. The molecular formula is C29H25F3N6O5S. The molecule has 5 rings (SSSR count). The summed E-state index contributed by atoms with van der Waals surface area (Å²) in [6.45, 7) is 2.23. The van der Waals surface area contributed by atoms with E-state index in [1.165, 1.54) is 51.9 Å². The van der Waals surface area contributed by atoms with Gasteiger partial charge in [0.2, 0.25) is 5.91 Å². The van der Waals surface area contributed by atoms with Gasteiger partial charge in [0.05, 0.1) is 23.7 Å². The van der Waals surface area contributed by atoms with E-state index in [0.29, 0.717) is 35.2 Å². The first-order valence-electron chi connectivity index (χ1n) is 13.0. The van der Waals surface area contributed by atoms with Crippen LogP contribution in [-0.2, 0) is 22.7 Å². The lowest BCUT2D eigenvalue weighted by Crippen LogP contribution is -2.31. The molecule has 1 N–H and O–H groups in total. The number of amidine groups is 1. The molecule has 1 fully saturated rings. The molecule has 2 heterocycles. The van der Waals surface area contributed by atoms with Crippen LogP contribution in [0.25, 0.3) is 5.69 Å². The van der Waals surface area contributed by atoms with Gasteiger partial charge in [-0.1, -0.05) is 23.9 Å². The van der Waals surface area contributed by atoms with Crippen molar-refractivity contribution in [1.29, 1.82) is 0 Å². The molecule has 0 aliphatic carbocycles. The van der Waals surface area contributed by atoms with Crippen molar-refractivity contribution in [2.75, 3.05) is 23.1 Å². The zero-order valence-electron chi connectivity index (χ0n) is 23.4. The Morgan fingerprint density at radius 1 is 1.05 bits per heavy atom. The van der Waals surface area contributed by atoms with E-state index >= 15 is 0 Å². The van der Waals surface area contributed by atoms with Gasteiger partial charge in [0.15, 0.2) is 11.0 Å². The van der Waals surface area contributed by atoms with Crippen LogP contribution in [-0.4, -0.2) is 51.1 Å². The molecule has 1 saturated heterocycles. The number of carbonyl (C=O) groups is 2. The van der Waals surface area contributed by atoms with Crippen molar-refractivity contribution in [3.63, 3.8) is 0 Å². The molecule has 228 valence electrons. The van der Waals surface area contributed by atoms with Crippen LogP contribution in [0, 0.1) is 6.92 Å². The van der Waals surface area contributed by atoms with E-state index < -0.39 is 12.4 Å². The molecule has 4 aromatic rings. The highest BCUT2D eigenvalue weighted by molar-refractivity contribution is 8.15. The van der Waals surface area contributed by atoms with Crippen LogP contribution < -0.4 is 19.7 Å². The fourth-order valence-corrected chi connectivity index (χ4v) is 5.01. The SMILES string of the molecule is COCc1ccc(C)cc1N1C(=O)CSC1=NC(=O)Nc1ccc(OCc2ncn(-c3ccc(OC(F)(F)F)cc3)n2)cc1. The van der Waals surface area contributed by atoms with E-state index in [0.717, 1.165) is 11.1 Å². The van der Waals surface area contributed by atoms with Crippen molar-refractivity contribution in [3.05, 3.63) is 90.0 Å². The Labute approximate surface area is 253 Å². The van der Waals surface area contributed by atoms with Gasteiger partial charge in [0, 0.05) is 18.4 Å². The number of aliphatic imine (C=N–C) groups is 1. The van der Waals surface area contributed by atoms with Gasteiger partial charge in [-0.25, -0.2) is 14.5 Å². The van der Waals surface area contributed by atoms with Gasteiger partial charge in [-0.3, -0.25) is 9.69 Å². The number of urea groups is 1. The number of rotatable bonds is 9. The lowest BCUT2D eigenvalue weighted by atomic mass is 10.1. The van der Waals surface area contributed by atoms with Crippen LogP contribution >= 0.6 is 11.8 Å². The van der Waals surface area contributed by atoms with Gasteiger partial charge < -0.3 is 19.5 Å². The number of ether oxygens (including phenoxy) is 3. The third kappa shape index (κ3) is 7.73. The molecule has 1 aromatic heterocycles. The van der Waals surface area contributed by atoms with Crippen LogP contribution in [0.4, 0.5) is 29.3 Å². The van der Waals surface area contributed by atoms with Gasteiger partial charge in [0.25, 0.3) is 0 Å². The lowest BCUT2D eigenvalue weighted by molar-refractivity contribution is -0.274. The molecule has 3 aromatic carbocycles. The standard InChI is InChI=1S/C29H25F3N6O5S/c1-18-3-4-19(14-41-2)24(13-18)38-26(39)16-44-28(38)35-27(40)34-20-5-9-22(10-6-20)42-15-25-33-17-37(36-25)21-7-11-23(12-8-21)43-29(30,31)32/h3-13,17H,14-16H2,1-2H3,(H,34,40). The van der Waals surface area contributed by atoms with Gasteiger partial charge in [0.1, 0.15) is 24.4 Å².